The second kappa shape index (κ2) is 6.55. The third-order valence-corrected chi connectivity index (χ3v) is 3.29. The first-order chi connectivity index (χ1) is 9.24. The number of nitrogens with zero attached hydrogens (tertiary/aromatic N) is 2. The van der Waals surface area contributed by atoms with Crippen LogP contribution in [-0.2, 0) is 13.2 Å². The first kappa shape index (κ1) is 13.8. The number of aliphatic hydroxyl groups excluding tert-OH is 1. The molecule has 1 heterocycles. The molecule has 0 atom stereocenters. The Balaban J connectivity index is 2.27. The Morgan fingerprint density at radius 1 is 1.21 bits per heavy atom. The lowest BCUT2D eigenvalue weighted by Crippen LogP contribution is -2.23. The normalized spacial score (nSPS) is 10.5. The highest BCUT2D eigenvalue weighted by Gasteiger charge is 2.10. The molecular formula is C15H17ClN2O. The zero-order valence-electron chi connectivity index (χ0n) is 10.9. The molecule has 19 heavy (non-hydrogen) atoms. The number of halogens is 1. The van der Waals surface area contributed by atoms with E-state index in [9.17, 15) is 5.11 Å². The molecule has 2 aromatic rings. The average molecular weight is 277 g/mol. The van der Waals surface area contributed by atoms with Crippen molar-refractivity contribution in [1.29, 1.82) is 0 Å². The molecule has 0 saturated carbocycles. The fourth-order valence-electron chi connectivity index (χ4n) is 2.07. The Bertz CT molecular complexity index is 531. The van der Waals surface area contributed by atoms with Crippen molar-refractivity contribution in [3.8, 4) is 0 Å². The molecule has 0 saturated heterocycles. The lowest BCUT2D eigenvalue weighted by atomic mass is 10.1. The standard InChI is InChI=1S/C15H17ClN2O/c1-2-18(10-12-5-7-17-8-6-12)15-4-3-14(16)9-13(15)11-19/h3-9,19H,2,10-11H2,1H3. The quantitative estimate of drug-likeness (QED) is 0.911. The molecule has 0 fully saturated rings. The second-order valence-corrected chi connectivity index (χ2v) is 4.74. The van der Waals surface area contributed by atoms with Crippen LogP contribution in [0.15, 0.2) is 42.7 Å². The van der Waals surface area contributed by atoms with Crippen LogP contribution in [-0.4, -0.2) is 16.6 Å². The zero-order chi connectivity index (χ0) is 13.7. The highest BCUT2D eigenvalue weighted by molar-refractivity contribution is 6.30. The molecule has 0 aliphatic carbocycles. The predicted molar refractivity (Wildman–Crippen MR) is 78.3 cm³/mol. The molecule has 0 radical (unpaired) electrons. The third-order valence-electron chi connectivity index (χ3n) is 3.06. The number of hydrogen-bond acceptors (Lipinski definition) is 3. The minimum atomic E-state index is -0.0112. The first-order valence-electron chi connectivity index (χ1n) is 6.27. The van der Waals surface area contributed by atoms with Crippen LogP contribution < -0.4 is 4.90 Å². The van der Waals surface area contributed by atoms with E-state index in [2.05, 4.69) is 16.8 Å². The summed E-state index contributed by atoms with van der Waals surface area (Å²) in [5.74, 6) is 0. The van der Waals surface area contributed by atoms with E-state index in [0.717, 1.165) is 24.3 Å². The van der Waals surface area contributed by atoms with Crippen LogP contribution in [0, 0.1) is 0 Å². The molecule has 2 rings (SSSR count). The Morgan fingerprint density at radius 3 is 2.58 bits per heavy atom. The van der Waals surface area contributed by atoms with Crippen molar-refractivity contribution >= 4 is 17.3 Å². The van der Waals surface area contributed by atoms with Crippen molar-refractivity contribution in [2.24, 2.45) is 0 Å². The van der Waals surface area contributed by atoms with Crippen molar-refractivity contribution in [3.63, 3.8) is 0 Å². The van der Waals surface area contributed by atoms with Gasteiger partial charge in [-0.25, -0.2) is 0 Å². The summed E-state index contributed by atoms with van der Waals surface area (Å²) in [6, 6.07) is 9.62. The molecule has 1 aromatic heterocycles. The summed E-state index contributed by atoms with van der Waals surface area (Å²) < 4.78 is 0. The molecule has 3 nitrogen and oxygen atoms in total. The number of anilines is 1. The van der Waals surface area contributed by atoms with E-state index in [1.165, 1.54) is 5.56 Å². The smallest absolute Gasteiger partial charge is 0.0702 e. The van der Waals surface area contributed by atoms with Gasteiger partial charge in [0.15, 0.2) is 0 Å². The van der Waals surface area contributed by atoms with Crippen LogP contribution in [0.5, 0.6) is 0 Å². The van der Waals surface area contributed by atoms with Gasteiger partial charge in [0, 0.05) is 41.8 Å². The molecule has 1 aromatic carbocycles. The van der Waals surface area contributed by atoms with E-state index in [0.29, 0.717) is 5.02 Å². The summed E-state index contributed by atoms with van der Waals surface area (Å²) in [4.78, 5) is 6.23. The van der Waals surface area contributed by atoms with Gasteiger partial charge in [-0.05, 0) is 42.8 Å². The maximum atomic E-state index is 9.46. The lowest BCUT2D eigenvalue weighted by Gasteiger charge is -2.25. The molecule has 4 heteroatoms. The molecule has 0 unspecified atom stereocenters. The second-order valence-electron chi connectivity index (χ2n) is 4.30. The Morgan fingerprint density at radius 2 is 1.95 bits per heavy atom. The molecule has 1 N–H and O–H groups in total. The van der Waals surface area contributed by atoms with Crippen molar-refractivity contribution in [2.45, 2.75) is 20.1 Å². The number of hydrogen-bond donors (Lipinski definition) is 1. The summed E-state index contributed by atoms with van der Waals surface area (Å²) in [6.07, 6.45) is 3.58. The van der Waals surface area contributed by atoms with Crippen LogP contribution in [0.25, 0.3) is 0 Å². The van der Waals surface area contributed by atoms with E-state index in [-0.39, 0.29) is 6.61 Å². The van der Waals surface area contributed by atoms with Crippen molar-refractivity contribution in [3.05, 3.63) is 58.9 Å². The fraction of sp³-hybridized carbons (Fsp3) is 0.267. The lowest BCUT2D eigenvalue weighted by molar-refractivity contribution is 0.282. The summed E-state index contributed by atoms with van der Waals surface area (Å²) in [7, 11) is 0. The van der Waals surface area contributed by atoms with Gasteiger partial charge in [-0.3, -0.25) is 4.98 Å². The van der Waals surface area contributed by atoms with Crippen LogP contribution in [0.4, 0.5) is 5.69 Å². The molecule has 100 valence electrons. The number of benzene rings is 1. The number of aliphatic hydroxyl groups is 1. The molecule has 0 spiro atoms. The number of rotatable bonds is 5. The van der Waals surface area contributed by atoms with Crippen LogP contribution in [0.2, 0.25) is 5.02 Å². The minimum absolute atomic E-state index is 0.0112. The topological polar surface area (TPSA) is 36.4 Å². The van der Waals surface area contributed by atoms with E-state index in [1.807, 2.05) is 30.3 Å². The maximum absolute atomic E-state index is 9.46. The Labute approximate surface area is 118 Å². The van der Waals surface area contributed by atoms with Gasteiger partial charge in [0.1, 0.15) is 0 Å². The van der Waals surface area contributed by atoms with Gasteiger partial charge in [-0.15, -0.1) is 0 Å². The summed E-state index contributed by atoms with van der Waals surface area (Å²) in [5, 5.41) is 10.1. The number of aromatic nitrogens is 1. The van der Waals surface area contributed by atoms with Crippen LogP contribution >= 0.6 is 11.6 Å². The van der Waals surface area contributed by atoms with Crippen molar-refractivity contribution in [1.82, 2.24) is 4.98 Å². The van der Waals surface area contributed by atoms with Gasteiger partial charge in [-0.2, -0.15) is 0 Å². The molecule has 0 bridgehead atoms. The Kier molecular flexibility index (Phi) is 4.77. The minimum Gasteiger partial charge on any atom is -0.392 e. The van der Waals surface area contributed by atoms with E-state index in [1.54, 1.807) is 12.4 Å². The van der Waals surface area contributed by atoms with Gasteiger partial charge in [-0.1, -0.05) is 11.6 Å². The highest BCUT2D eigenvalue weighted by Crippen LogP contribution is 2.25. The summed E-state index contributed by atoms with van der Waals surface area (Å²) in [5.41, 5.74) is 3.06. The zero-order valence-corrected chi connectivity index (χ0v) is 11.6. The molecule has 0 aliphatic heterocycles. The van der Waals surface area contributed by atoms with Crippen LogP contribution in [0.1, 0.15) is 18.1 Å². The van der Waals surface area contributed by atoms with Crippen molar-refractivity contribution < 1.29 is 5.11 Å². The SMILES string of the molecule is CCN(Cc1ccncc1)c1ccc(Cl)cc1CO. The largest absolute Gasteiger partial charge is 0.392 e. The molecular weight excluding hydrogens is 260 g/mol. The van der Waals surface area contributed by atoms with Gasteiger partial charge in [0.25, 0.3) is 0 Å². The maximum Gasteiger partial charge on any atom is 0.0702 e. The van der Waals surface area contributed by atoms with Crippen molar-refractivity contribution in [2.75, 3.05) is 11.4 Å². The van der Waals surface area contributed by atoms with Gasteiger partial charge in [0.2, 0.25) is 0 Å². The first-order valence-corrected chi connectivity index (χ1v) is 6.65. The fourth-order valence-corrected chi connectivity index (χ4v) is 2.26. The van der Waals surface area contributed by atoms with Gasteiger partial charge >= 0.3 is 0 Å². The molecule has 0 aliphatic rings. The predicted octanol–water partition coefficient (Wildman–Crippen LogP) is 3.25. The van der Waals surface area contributed by atoms with Gasteiger partial charge < -0.3 is 10.0 Å². The molecule has 0 amide bonds. The van der Waals surface area contributed by atoms with E-state index in [4.69, 9.17) is 11.6 Å². The number of pyridine rings is 1. The summed E-state index contributed by atoms with van der Waals surface area (Å²) in [6.45, 7) is 3.73. The Hall–Kier alpha value is -1.58. The third kappa shape index (κ3) is 3.46. The van der Waals surface area contributed by atoms with E-state index >= 15 is 0 Å². The monoisotopic (exact) mass is 276 g/mol. The van der Waals surface area contributed by atoms with Crippen LogP contribution in [0.3, 0.4) is 0 Å². The average Bonchev–Trinajstić information content (AvgIpc) is 2.46. The highest BCUT2D eigenvalue weighted by atomic mass is 35.5. The van der Waals surface area contributed by atoms with Gasteiger partial charge in [0.05, 0.1) is 6.61 Å². The summed E-state index contributed by atoms with van der Waals surface area (Å²) >= 11 is 5.97. The van der Waals surface area contributed by atoms with E-state index < -0.39 is 0 Å².